The Labute approximate surface area is 181 Å². The molecule has 3 aromatic rings. The highest BCUT2D eigenvalue weighted by Gasteiger charge is 2.26. The summed E-state index contributed by atoms with van der Waals surface area (Å²) in [6.45, 7) is 5.96. The number of nitrogen functional groups attached to an aromatic ring is 1. The van der Waals surface area contributed by atoms with E-state index < -0.39 is 22.0 Å². The number of furan rings is 1. The highest BCUT2D eigenvalue weighted by atomic mass is 32.2. The van der Waals surface area contributed by atoms with Crippen molar-refractivity contribution in [3.8, 4) is 0 Å². The lowest BCUT2D eigenvalue weighted by atomic mass is 9.94. The van der Waals surface area contributed by atoms with Gasteiger partial charge in [0.25, 0.3) is 5.91 Å². The smallest absolute Gasteiger partial charge is 0.260 e. The fraction of sp³-hybridized carbons (Fsp3) is 0.273. The van der Waals surface area contributed by atoms with E-state index in [2.05, 4.69) is 10.0 Å². The molecular formula is C22H26N4O4S. The summed E-state index contributed by atoms with van der Waals surface area (Å²) < 4.78 is 31.3. The molecule has 3 rings (SSSR count). The van der Waals surface area contributed by atoms with Gasteiger partial charge in [-0.2, -0.15) is 0 Å². The minimum Gasteiger partial charge on any atom is -0.464 e. The van der Waals surface area contributed by atoms with Crippen molar-refractivity contribution >= 4 is 38.4 Å². The maximum atomic E-state index is 12.9. The Morgan fingerprint density at radius 1 is 1.16 bits per heavy atom. The van der Waals surface area contributed by atoms with Gasteiger partial charge in [0.1, 0.15) is 17.5 Å². The summed E-state index contributed by atoms with van der Waals surface area (Å²) in [6, 6.07) is 9.39. The van der Waals surface area contributed by atoms with Crippen molar-refractivity contribution in [1.82, 2.24) is 4.72 Å². The Kier molecular flexibility index (Phi) is 6.08. The van der Waals surface area contributed by atoms with Gasteiger partial charge in [0.15, 0.2) is 0 Å². The summed E-state index contributed by atoms with van der Waals surface area (Å²) in [5, 5.41) is 11.5. The van der Waals surface area contributed by atoms with Crippen LogP contribution in [-0.2, 0) is 14.8 Å². The first kappa shape index (κ1) is 22.4. The van der Waals surface area contributed by atoms with Gasteiger partial charge in [0.2, 0.25) is 10.0 Å². The Morgan fingerprint density at radius 2 is 1.81 bits per heavy atom. The SMILES string of the molecule is Cc1coc2c(C(C)C)cc(C(Nc3ccc(C(=N)N)cc3)C(=O)NS(C)(=O)=O)cc12. The minimum atomic E-state index is -3.76. The number of hydrogen-bond donors (Lipinski definition) is 4. The monoisotopic (exact) mass is 442 g/mol. The number of carbonyl (C=O) groups excluding carboxylic acids is 1. The molecule has 0 saturated carbocycles. The zero-order chi connectivity index (χ0) is 22.9. The first-order valence-electron chi connectivity index (χ1n) is 9.70. The van der Waals surface area contributed by atoms with Crippen molar-refractivity contribution in [2.45, 2.75) is 32.7 Å². The predicted molar refractivity (Wildman–Crippen MR) is 122 cm³/mol. The highest BCUT2D eigenvalue weighted by molar-refractivity contribution is 7.89. The summed E-state index contributed by atoms with van der Waals surface area (Å²) in [4.78, 5) is 12.9. The van der Waals surface area contributed by atoms with E-state index in [1.54, 1.807) is 30.5 Å². The van der Waals surface area contributed by atoms with Crippen LogP contribution in [0, 0.1) is 12.3 Å². The summed E-state index contributed by atoms with van der Waals surface area (Å²) in [5.74, 6) is -0.643. The van der Waals surface area contributed by atoms with E-state index in [0.29, 0.717) is 16.8 Å². The second-order valence-electron chi connectivity index (χ2n) is 7.87. The van der Waals surface area contributed by atoms with Crippen molar-refractivity contribution < 1.29 is 17.6 Å². The Morgan fingerprint density at radius 3 is 2.35 bits per heavy atom. The standard InChI is InChI=1S/C22H26N4O4S/c1-12(2)17-9-15(10-18-13(3)11-30-20(17)18)19(22(27)26-31(4,28)29)25-16-7-5-14(6-8-16)21(23)24/h5-12,19,25H,1-4H3,(H3,23,24)(H,26,27). The van der Waals surface area contributed by atoms with E-state index in [4.69, 9.17) is 15.6 Å². The number of hydrogen-bond acceptors (Lipinski definition) is 6. The van der Waals surface area contributed by atoms with Crippen LogP contribution in [0.5, 0.6) is 0 Å². The quantitative estimate of drug-likeness (QED) is 0.327. The number of nitrogens with two attached hydrogens (primary N) is 1. The molecule has 0 radical (unpaired) electrons. The molecule has 9 heteroatoms. The zero-order valence-electron chi connectivity index (χ0n) is 17.8. The fourth-order valence-electron chi connectivity index (χ4n) is 3.36. The van der Waals surface area contributed by atoms with Gasteiger partial charge < -0.3 is 15.5 Å². The topological polar surface area (TPSA) is 138 Å². The molecule has 0 saturated heterocycles. The van der Waals surface area contributed by atoms with Crippen LogP contribution in [0.15, 0.2) is 47.1 Å². The van der Waals surface area contributed by atoms with Crippen LogP contribution in [0.3, 0.4) is 0 Å². The predicted octanol–water partition coefficient (Wildman–Crippen LogP) is 3.38. The third kappa shape index (κ3) is 5.05. The molecule has 1 amide bonds. The van der Waals surface area contributed by atoms with Crippen molar-refractivity contribution in [1.29, 1.82) is 5.41 Å². The molecule has 1 aromatic heterocycles. The van der Waals surface area contributed by atoms with Crippen LogP contribution in [0.1, 0.15) is 48.1 Å². The van der Waals surface area contributed by atoms with E-state index in [9.17, 15) is 13.2 Å². The molecule has 1 unspecified atom stereocenters. The molecule has 0 aliphatic rings. The third-order valence-electron chi connectivity index (χ3n) is 4.93. The molecule has 0 aliphatic carbocycles. The lowest BCUT2D eigenvalue weighted by Gasteiger charge is -2.21. The molecule has 1 heterocycles. The maximum absolute atomic E-state index is 12.9. The maximum Gasteiger partial charge on any atom is 0.260 e. The summed E-state index contributed by atoms with van der Waals surface area (Å²) in [7, 11) is -3.76. The minimum absolute atomic E-state index is 0.0691. The molecule has 0 fully saturated rings. The zero-order valence-corrected chi connectivity index (χ0v) is 18.6. The molecule has 5 N–H and O–H groups in total. The average Bonchev–Trinajstić information content (AvgIpc) is 3.05. The number of anilines is 1. The number of benzene rings is 2. The van der Waals surface area contributed by atoms with E-state index in [-0.39, 0.29) is 11.8 Å². The Balaban J connectivity index is 2.10. The summed E-state index contributed by atoms with van der Waals surface area (Å²) in [6.07, 6.45) is 2.60. The molecule has 0 spiro atoms. The van der Waals surface area contributed by atoms with Crippen LogP contribution < -0.4 is 15.8 Å². The van der Waals surface area contributed by atoms with Crippen molar-refractivity contribution in [3.63, 3.8) is 0 Å². The highest BCUT2D eigenvalue weighted by Crippen LogP contribution is 2.33. The summed E-state index contributed by atoms with van der Waals surface area (Å²) in [5.41, 5.74) is 9.83. The van der Waals surface area contributed by atoms with Gasteiger partial charge in [-0.3, -0.25) is 14.9 Å². The van der Waals surface area contributed by atoms with Crippen LogP contribution in [0.4, 0.5) is 5.69 Å². The van der Waals surface area contributed by atoms with Gasteiger partial charge in [-0.15, -0.1) is 0 Å². The second-order valence-corrected chi connectivity index (χ2v) is 9.62. The molecule has 164 valence electrons. The van der Waals surface area contributed by atoms with E-state index in [1.165, 1.54) is 0 Å². The first-order chi connectivity index (χ1) is 14.5. The van der Waals surface area contributed by atoms with E-state index in [0.717, 1.165) is 28.4 Å². The largest absolute Gasteiger partial charge is 0.464 e. The van der Waals surface area contributed by atoms with Gasteiger partial charge in [0.05, 0.1) is 12.5 Å². The van der Waals surface area contributed by atoms with Crippen LogP contribution in [-0.4, -0.2) is 26.4 Å². The van der Waals surface area contributed by atoms with Crippen molar-refractivity contribution in [2.24, 2.45) is 5.73 Å². The Hall–Kier alpha value is -3.33. The lowest BCUT2D eigenvalue weighted by molar-refractivity contribution is -0.120. The number of aryl methyl sites for hydroxylation is 1. The van der Waals surface area contributed by atoms with Crippen LogP contribution in [0.25, 0.3) is 11.0 Å². The molecule has 31 heavy (non-hydrogen) atoms. The lowest BCUT2D eigenvalue weighted by Crippen LogP contribution is -2.37. The van der Waals surface area contributed by atoms with Gasteiger partial charge in [-0.25, -0.2) is 8.42 Å². The van der Waals surface area contributed by atoms with Gasteiger partial charge in [-0.05, 0) is 65.9 Å². The van der Waals surface area contributed by atoms with Gasteiger partial charge >= 0.3 is 0 Å². The molecule has 0 aliphatic heterocycles. The number of amides is 1. The number of fused-ring (bicyclic) bond motifs is 1. The first-order valence-corrected chi connectivity index (χ1v) is 11.6. The average molecular weight is 443 g/mol. The van der Waals surface area contributed by atoms with Gasteiger partial charge in [-0.1, -0.05) is 13.8 Å². The third-order valence-corrected chi connectivity index (χ3v) is 5.50. The normalized spacial score (nSPS) is 12.7. The molecule has 8 nitrogen and oxygen atoms in total. The molecule has 0 bridgehead atoms. The van der Waals surface area contributed by atoms with Crippen molar-refractivity contribution in [3.05, 3.63) is 64.9 Å². The molecule has 1 atom stereocenters. The van der Waals surface area contributed by atoms with Gasteiger partial charge in [0, 0.05) is 16.6 Å². The number of sulfonamides is 1. The van der Waals surface area contributed by atoms with E-state index in [1.807, 2.05) is 32.9 Å². The fourth-order valence-corrected chi connectivity index (χ4v) is 3.84. The van der Waals surface area contributed by atoms with Crippen molar-refractivity contribution in [2.75, 3.05) is 11.6 Å². The number of carbonyl (C=O) groups is 1. The van der Waals surface area contributed by atoms with E-state index >= 15 is 0 Å². The Bertz CT molecular complexity index is 1240. The second kappa shape index (κ2) is 8.43. The number of rotatable bonds is 7. The number of nitrogens with one attached hydrogen (secondary N) is 3. The van der Waals surface area contributed by atoms with Crippen LogP contribution in [0.2, 0.25) is 0 Å². The van der Waals surface area contributed by atoms with Crippen LogP contribution >= 0.6 is 0 Å². The molecule has 2 aromatic carbocycles. The number of amidine groups is 1. The molecular weight excluding hydrogens is 416 g/mol. The summed E-state index contributed by atoms with van der Waals surface area (Å²) >= 11 is 0.